The van der Waals surface area contributed by atoms with E-state index in [1.54, 1.807) is 12.1 Å². The highest BCUT2D eigenvalue weighted by Gasteiger charge is 2.07. The van der Waals surface area contributed by atoms with Crippen molar-refractivity contribution in [3.05, 3.63) is 52.2 Å². The molecule has 0 saturated heterocycles. The largest absolute Gasteiger partial charge is 0.508 e. The summed E-state index contributed by atoms with van der Waals surface area (Å²) >= 11 is 0. The predicted octanol–water partition coefficient (Wildman–Crippen LogP) is 1.73. The smallest absolute Gasteiger partial charge is 0.243 e. The number of hydrogen-bond donors (Lipinski definition) is 1. The first-order chi connectivity index (χ1) is 6.09. The minimum Gasteiger partial charge on any atom is -0.508 e. The molecule has 1 rings (SSSR count). The summed E-state index contributed by atoms with van der Waals surface area (Å²) in [6.07, 6.45) is 0.202. The van der Waals surface area contributed by atoms with E-state index in [9.17, 15) is 10.1 Å². The minimum atomic E-state index is -0.507. The molecule has 0 aliphatic rings. The van der Waals surface area contributed by atoms with Crippen molar-refractivity contribution < 1.29 is 10.0 Å². The summed E-state index contributed by atoms with van der Waals surface area (Å²) in [6.45, 7) is 3.31. The van der Waals surface area contributed by atoms with Crippen molar-refractivity contribution in [3.8, 4) is 5.75 Å². The van der Waals surface area contributed by atoms with E-state index in [1.807, 2.05) is 0 Å². The summed E-state index contributed by atoms with van der Waals surface area (Å²) in [5.74, 6) is 0.149. The van der Waals surface area contributed by atoms with Crippen molar-refractivity contribution >= 4 is 0 Å². The lowest BCUT2D eigenvalue weighted by Gasteiger charge is -1.98. The van der Waals surface area contributed by atoms with Crippen LogP contribution < -0.4 is 0 Å². The Kier molecular flexibility index (Phi) is 2.64. The van der Waals surface area contributed by atoms with Gasteiger partial charge in [0, 0.05) is 0 Å². The first-order valence-corrected chi connectivity index (χ1v) is 3.69. The van der Waals surface area contributed by atoms with Crippen LogP contribution in [0.3, 0.4) is 0 Å². The Morgan fingerprint density at radius 3 is 2.46 bits per heavy atom. The number of nitro groups is 1. The lowest BCUT2D eigenvalue weighted by Crippen LogP contribution is -2.00. The molecule has 1 aromatic carbocycles. The highest BCUT2D eigenvalue weighted by molar-refractivity contribution is 5.27. The Morgan fingerprint density at radius 1 is 1.46 bits per heavy atom. The third-order valence-corrected chi connectivity index (χ3v) is 1.60. The van der Waals surface area contributed by atoms with Gasteiger partial charge in [-0.2, -0.15) is 0 Å². The number of rotatable bonds is 3. The summed E-state index contributed by atoms with van der Waals surface area (Å²) in [7, 11) is 0. The standard InChI is InChI=1S/C9H9NO3/c1-7(10(12)13)6-8-2-4-9(11)5-3-8/h2-5,11H,1,6H2. The molecule has 0 atom stereocenters. The topological polar surface area (TPSA) is 63.4 Å². The van der Waals surface area contributed by atoms with E-state index in [4.69, 9.17) is 5.11 Å². The second kappa shape index (κ2) is 3.71. The van der Waals surface area contributed by atoms with Crippen molar-refractivity contribution in [1.29, 1.82) is 0 Å². The average Bonchev–Trinajstić information content (AvgIpc) is 2.08. The van der Waals surface area contributed by atoms with Gasteiger partial charge in [0.2, 0.25) is 5.70 Å². The second-order valence-electron chi connectivity index (χ2n) is 2.67. The van der Waals surface area contributed by atoms with Crippen molar-refractivity contribution in [2.75, 3.05) is 0 Å². The van der Waals surface area contributed by atoms with Crippen LogP contribution >= 0.6 is 0 Å². The fraction of sp³-hybridized carbons (Fsp3) is 0.111. The fourth-order valence-corrected chi connectivity index (χ4v) is 0.914. The summed E-state index contributed by atoms with van der Waals surface area (Å²) in [4.78, 5) is 9.72. The molecule has 0 aliphatic heterocycles. The molecule has 4 heteroatoms. The molecule has 0 bridgehead atoms. The maximum atomic E-state index is 10.2. The van der Waals surface area contributed by atoms with Crippen molar-refractivity contribution in [2.45, 2.75) is 6.42 Å². The van der Waals surface area contributed by atoms with Crippen LogP contribution in [0.4, 0.5) is 0 Å². The molecular formula is C9H9NO3. The van der Waals surface area contributed by atoms with Gasteiger partial charge in [0.15, 0.2) is 0 Å². The lowest BCUT2D eigenvalue weighted by molar-refractivity contribution is -0.426. The summed E-state index contributed by atoms with van der Waals surface area (Å²) in [5, 5.41) is 19.2. The van der Waals surface area contributed by atoms with Gasteiger partial charge in [-0.05, 0) is 24.3 Å². The third kappa shape index (κ3) is 2.59. The Morgan fingerprint density at radius 2 is 2.00 bits per heavy atom. The number of phenols is 1. The monoisotopic (exact) mass is 179 g/mol. The zero-order valence-corrected chi connectivity index (χ0v) is 6.93. The minimum absolute atomic E-state index is 0.0503. The zero-order chi connectivity index (χ0) is 9.84. The molecule has 0 heterocycles. The number of nitrogens with zero attached hydrogens (tertiary/aromatic N) is 1. The summed E-state index contributed by atoms with van der Waals surface area (Å²) in [5.41, 5.74) is 0.713. The van der Waals surface area contributed by atoms with Gasteiger partial charge in [0.1, 0.15) is 5.75 Å². The predicted molar refractivity (Wildman–Crippen MR) is 47.9 cm³/mol. The first kappa shape index (κ1) is 9.25. The molecule has 0 spiro atoms. The van der Waals surface area contributed by atoms with Crippen LogP contribution in [-0.4, -0.2) is 10.0 Å². The summed E-state index contributed by atoms with van der Waals surface area (Å²) < 4.78 is 0. The van der Waals surface area contributed by atoms with Gasteiger partial charge in [0.05, 0.1) is 11.3 Å². The Labute approximate surface area is 75.3 Å². The van der Waals surface area contributed by atoms with Crippen molar-refractivity contribution in [1.82, 2.24) is 0 Å². The van der Waals surface area contributed by atoms with Crippen molar-refractivity contribution in [2.24, 2.45) is 0 Å². The normalized spacial score (nSPS) is 9.54. The van der Waals surface area contributed by atoms with E-state index in [0.717, 1.165) is 5.56 Å². The molecule has 4 nitrogen and oxygen atoms in total. The molecule has 0 saturated carbocycles. The maximum Gasteiger partial charge on any atom is 0.243 e. The number of benzene rings is 1. The quantitative estimate of drug-likeness (QED) is 0.567. The Bertz CT molecular complexity index is 329. The van der Waals surface area contributed by atoms with E-state index >= 15 is 0 Å². The highest BCUT2D eigenvalue weighted by atomic mass is 16.6. The van der Waals surface area contributed by atoms with Crippen LogP contribution in [0.1, 0.15) is 5.56 Å². The fourth-order valence-electron chi connectivity index (χ4n) is 0.914. The van der Waals surface area contributed by atoms with E-state index in [1.165, 1.54) is 12.1 Å². The molecule has 0 amide bonds. The van der Waals surface area contributed by atoms with Crippen molar-refractivity contribution in [3.63, 3.8) is 0 Å². The van der Waals surface area contributed by atoms with Crippen LogP contribution in [-0.2, 0) is 6.42 Å². The molecule has 0 aromatic heterocycles. The van der Waals surface area contributed by atoms with E-state index in [0.29, 0.717) is 0 Å². The maximum absolute atomic E-state index is 10.2. The second-order valence-corrected chi connectivity index (χ2v) is 2.67. The first-order valence-electron chi connectivity index (χ1n) is 3.69. The molecule has 0 aliphatic carbocycles. The van der Waals surface area contributed by atoms with Gasteiger partial charge in [-0.3, -0.25) is 10.1 Å². The van der Waals surface area contributed by atoms with Crippen LogP contribution in [0.15, 0.2) is 36.5 Å². The van der Waals surface area contributed by atoms with Crippen LogP contribution in [0.5, 0.6) is 5.75 Å². The van der Waals surface area contributed by atoms with Gasteiger partial charge >= 0.3 is 0 Å². The molecule has 0 fully saturated rings. The molecule has 13 heavy (non-hydrogen) atoms. The summed E-state index contributed by atoms with van der Waals surface area (Å²) in [6, 6.07) is 6.24. The van der Waals surface area contributed by atoms with E-state index in [-0.39, 0.29) is 17.9 Å². The van der Waals surface area contributed by atoms with Gasteiger partial charge in [-0.1, -0.05) is 12.1 Å². The van der Waals surface area contributed by atoms with E-state index < -0.39 is 4.92 Å². The van der Waals surface area contributed by atoms with E-state index in [2.05, 4.69) is 6.58 Å². The Balaban J connectivity index is 2.70. The number of phenolic OH excluding ortho intramolecular Hbond substituents is 1. The lowest BCUT2D eigenvalue weighted by atomic mass is 10.1. The zero-order valence-electron chi connectivity index (χ0n) is 6.93. The molecule has 1 aromatic rings. The highest BCUT2D eigenvalue weighted by Crippen LogP contribution is 2.12. The number of hydrogen-bond acceptors (Lipinski definition) is 3. The third-order valence-electron chi connectivity index (χ3n) is 1.60. The molecule has 0 radical (unpaired) electrons. The number of aromatic hydroxyl groups is 1. The molecule has 0 unspecified atom stereocenters. The Hall–Kier alpha value is -1.84. The van der Waals surface area contributed by atoms with Gasteiger partial charge in [0.25, 0.3) is 0 Å². The average molecular weight is 179 g/mol. The van der Waals surface area contributed by atoms with Gasteiger partial charge in [-0.25, -0.2) is 0 Å². The van der Waals surface area contributed by atoms with Gasteiger partial charge in [-0.15, -0.1) is 0 Å². The molecule has 68 valence electrons. The molecule has 1 N–H and O–H groups in total. The van der Waals surface area contributed by atoms with Crippen LogP contribution in [0, 0.1) is 10.1 Å². The van der Waals surface area contributed by atoms with Gasteiger partial charge < -0.3 is 5.11 Å². The van der Waals surface area contributed by atoms with Crippen LogP contribution in [0.2, 0.25) is 0 Å². The SMILES string of the molecule is C=C(Cc1ccc(O)cc1)[N+](=O)[O-]. The van der Waals surface area contributed by atoms with Crippen LogP contribution in [0.25, 0.3) is 0 Å². The number of allylic oxidation sites excluding steroid dienone is 1. The molecular weight excluding hydrogens is 170 g/mol.